The fourth-order valence-corrected chi connectivity index (χ4v) is 2.50. The lowest BCUT2D eigenvalue weighted by Crippen LogP contribution is -1.99. The van der Waals surface area contributed by atoms with E-state index in [1.807, 2.05) is 48.5 Å². The van der Waals surface area contributed by atoms with Crippen LogP contribution in [0.5, 0.6) is 11.5 Å². The lowest BCUT2D eigenvalue weighted by atomic mass is 10.2. The van der Waals surface area contributed by atoms with Gasteiger partial charge in [-0.3, -0.25) is 4.98 Å². The van der Waals surface area contributed by atoms with Crippen LogP contribution in [0.3, 0.4) is 0 Å². The Bertz CT molecular complexity index is 753. The first-order chi connectivity index (χ1) is 9.78. The molecule has 0 spiro atoms. The number of pyridine rings is 1. The molecule has 0 aliphatic carbocycles. The van der Waals surface area contributed by atoms with Crippen molar-refractivity contribution >= 4 is 26.8 Å². The highest BCUT2D eigenvalue weighted by Gasteiger charge is 2.07. The van der Waals surface area contributed by atoms with E-state index in [2.05, 4.69) is 20.9 Å². The van der Waals surface area contributed by atoms with E-state index in [1.54, 1.807) is 6.20 Å². The first-order valence-electron chi connectivity index (χ1n) is 6.28. The Labute approximate surface area is 125 Å². The number of hydrogen-bond donors (Lipinski definition) is 1. The van der Waals surface area contributed by atoms with Gasteiger partial charge in [-0.15, -0.1) is 0 Å². The third kappa shape index (κ3) is 2.53. The molecule has 0 bridgehead atoms. The van der Waals surface area contributed by atoms with Crippen molar-refractivity contribution in [2.75, 3.05) is 0 Å². The molecule has 3 aromatic rings. The first kappa shape index (κ1) is 13.1. The van der Waals surface area contributed by atoms with E-state index in [9.17, 15) is 0 Å². The summed E-state index contributed by atoms with van der Waals surface area (Å²) in [5.41, 5.74) is 7.64. The average molecular weight is 329 g/mol. The Balaban J connectivity index is 2.05. The molecular formula is C16H13BrN2O. The van der Waals surface area contributed by atoms with Crippen molar-refractivity contribution in [3.8, 4) is 11.5 Å². The Morgan fingerprint density at radius 3 is 2.80 bits per heavy atom. The minimum absolute atomic E-state index is 0.428. The summed E-state index contributed by atoms with van der Waals surface area (Å²) in [6.07, 6.45) is 1.77. The van der Waals surface area contributed by atoms with Crippen molar-refractivity contribution in [3.63, 3.8) is 0 Å². The molecule has 100 valence electrons. The van der Waals surface area contributed by atoms with Gasteiger partial charge >= 0.3 is 0 Å². The molecular weight excluding hydrogens is 316 g/mol. The van der Waals surface area contributed by atoms with Gasteiger partial charge in [-0.05, 0) is 42.5 Å². The van der Waals surface area contributed by atoms with Gasteiger partial charge in [0.05, 0.1) is 5.52 Å². The summed E-state index contributed by atoms with van der Waals surface area (Å²) in [4.78, 5) is 4.33. The van der Waals surface area contributed by atoms with E-state index >= 15 is 0 Å². The topological polar surface area (TPSA) is 48.1 Å². The zero-order valence-corrected chi connectivity index (χ0v) is 12.3. The summed E-state index contributed by atoms with van der Waals surface area (Å²) in [7, 11) is 0. The standard InChI is InChI=1S/C16H13BrN2O/c17-12-6-7-15(11(9-12)10-18)20-16-5-1-4-14-13(16)3-2-8-19-14/h1-9H,10,18H2. The van der Waals surface area contributed by atoms with Gasteiger partial charge in [-0.1, -0.05) is 22.0 Å². The van der Waals surface area contributed by atoms with Crippen LogP contribution in [0.25, 0.3) is 10.9 Å². The largest absolute Gasteiger partial charge is 0.456 e. The molecule has 1 heterocycles. The molecule has 3 nitrogen and oxygen atoms in total. The molecule has 4 heteroatoms. The van der Waals surface area contributed by atoms with Crippen LogP contribution in [0.1, 0.15) is 5.56 Å². The van der Waals surface area contributed by atoms with Gasteiger partial charge in [0.15, 0.2) is 0 Å². The molecule has 20 heavy (non-hydrogen) atoms. The first-order valence-corrected chi connectivity index (χ1v) is 7.07. The van der Waals surface area contributed by atoms with Crippen LogP contribution in [0.4, 0.5) is 0 Å². The summed E-state index contributed by atoms with van der Waals surface area (Å²) in [5, 5.41) is 0.987. The zero-order valence-electron chi connectivity index (χ0n) is 10.7. The Hall–Kier alpha value is -1.91. The Morgan fingerprint density at radius 1 is 1.05 bits per heavy atom. The lowest BCUT2D eigenvalue weighted by molar-refractivity contribution is 0.481. The van der Waals surface area contributed by atoms with Crippen LogP contribution in [0, 0.1) is 0 Å². The molecule has 0 radical (unpaired) electrons. The normalized spacial score (nSPS) is 10.7. The quantitative estimate of drug-likeness (QED) is 0.781. The molecule has 3 rings (SSSR count). The van der Waals surface area contributed by atoms with Gasteiger partial charge in [0.25, 0.3) is 0 Å². The summed E-state index contributed by atoms with van der Waals surface area (Å²) in [6, 6.07) is 15.6. The highest BCUT2D eigenvalue weighted by molar-refractivity contribution is 9.10. The van der Waals surface area contributed by atoms with Crippen molar-refractivity contribution in [2.45, 2.75) is 6.54 Å². The van der Waals surface area contributed by atoms with Gasteiger partial charge in [-0.2, -0.15) is 0 Å². The number of hydrogen-bond acceptors (Lipinski definition) is 3. The van der Waals surface area contributed by atoms with Crippen LogP contribution in [-0.4, -0.2) is 4.98 Å². The van der Waals surface area contributed by atoms with E-state index in [1.165, 1.54) is 0 Å². The number of fused-ring (bicyclic) bond motifs is 1. The fraction of sp³-hybridized carbons (Fsp3) is 0.0625. The summed E-state index contributed by atoms with van der Waals surface area (Å²) < 4.78 is 7.02. The fourth-order valence-electron chi connectivity index (χ4n) is 2.09. The van der Waals surface area contributed by atoms with Crippen molar-refractivity contribution in [3.05, 3.63) is 64.8 Å². The predicted octanol–water partition coefficient (Wildman–Crippen LogP) is 4.25. The van der Waals surface area contributed by atoms with Crippen LogP contribution >= 0.6 is 15.9 Å². The van der Waals surface area contributed by atoms with E-state index in [0.717, 1.165) is 32.4 Å². The summed E-state index contributed by atoms with van der Waals surface area (Å²) in [6.45, 7) is 0.428. The lowest BCUT2D eigenvalue weighted by Gasteiger charge is -2.12. The van der Waals surface area contributed by atoms with Gasteiger partial charge in [-0.25, -0.2) is 0 Å². The SMILES string of the molecule is NCc1cc(Br)ccc1Oc1cccc2ncccc12. The number of nitrogens with two attached hydrogens (primary N) is 1. The number of rotatable bonds is 3. The summed E-state index contributed by atoms with van der Waals surface area (Å²) >= 11 is 3.44. The van der Waals surface area contributed by atoms with Gasteiger partial charge in [0.2, 0.25) is 0 Å². The van der Waals surface area contributed by atoms with E-state index in [-0.39, 0.29) is 0 Å². The molecule has 2 aromatic carbocycles. The second kappa shape index (κ2) is 5.61. The van der Waals surface area contributed by atoms with Crippen molar-refractivity contribution in [2.24, 2.45) is 5.73 Å². The van der Waals surface area contributed by atoms with Crippen LogP contribution in [0.15, 0.2) is 59.2 Å². The second-order valence-electron chi connectivity index (χ2n) is 4.38. The van der Waals surface area contributed by atoms with E-state index in [4.69, 9.17) is 10.5 Å². The highest BCUT2D eigenvalue weighted by atomic mass is 79.9. The molecule has 0 saturated carbocycles. The average Bonchev–Trinajstić information content (AvgIpc) is 2.49. The van der Waals surface area contributed by atoms with Crippen molar-refractivity contribution in [1.82, 2.24) is 4.98 Å². The number of aromatic nitrogens is 1. The van der Waals surface area contributed by atoms with E-state index in [0.29, 0.717) is 6.54 Å². The molecule has 0 aliphatic heterocycles. The van der Waals surface area contributed by atoms with Gasteiger partial charge < -0.3 is 10.5 Å². The minimum Gasteiger partial charge on any atom is -0.456 e. The third-order valence-corrected chi connectivity index (χ3v) is 3.56. The highest BCUT2D eigenvalue weighted by Crippen LogP contribution is 2.32. The maximum absolute atomic E-state index is 6.03. The summed E-state index contributed by atoms with van der Waals surface area (Å²) in [5.74, 6) is 1.56. The van der Waals surface area contributed by atoms with Crippen molar-refractivity contribution < 1.29 is 4.74 Å². The second-order valence-corrected chi connectivity index (χ2v) is 5.30. The molecule has 1 aromatic heterocycles. The molecule has 0 amide bonds. The van der Waals surface area contributed by atoms with Crippen LogP contribution < -0.4 is 10.5 Å². The third-order valence-electron chi connectivity index (χ3n) is 3.07. The smallest absolute Gasteiger partial charge is 0.136 e. The van der Waals surface area contributed by atoms with Crippen LogP contribution in [0.2, 0.25) is 0 Å². The van der Waals surface area contributed by atoms with Gasteiger partial charge in [0, 0.05) is 28.2 Å². The molecule has 0 aliphatic rings. The van der Waals surface area contributed by atoms with Crippen molar-refractivity contribution in [1.29, 1.82) is 0 Å². The molecule has 0 fully saturated rings. The monoisotopic (exact) mass is 328 g/mol. The maximum atomic E-state index is 6.03. The number of benzene rings is 2. The van der Waals surface area contributed by atoms with Gasteiger partial charge in [0.1, 0.15) is 11.5 Å². The Kier molecular flexibility index (Phi) is 3.67. The molecule has 0 unspecified atom stereocenters. The number of nitrogens with zero attached hydrogens (tertiary/aromatic N) is 1. The minimum atomic E-state index is 0.428. The predicted molar refractivity (Wildman–Crippen MR) is 83.9 cm³/mol. The number of ether oxygens (including phenoxy) is 1. The van der Waals surface area contributed by atoms with E-state index < -0.39 is 0 Å². The molecule has 2 N–H and O–H groups in total. The Morgan fingerprint density at radius 2 is 1.95 bits per heavy atom. The number of halogens is 1. The molecule has 0 saturated heterocycles. The maximum Gasteiger partial charge on any atom is 0.136 e. The zero-order chi connectivity index (χ0) is 13.9. The van der Waals surface area contributed by atoms with Crippen LogP contribution in [-0.2, 0) is 6.54 Å². The molecule has 0 atom stereocenters.